The number of rotatable bonds is 12. The maximum atomic E-state index is 14.8. The lowest BCUT2D eigenvalue weighted by Crippen LogP contribution is -2.62. The number of Topliss-reactive ketones (excluding diaryl/α,β-unsaturated/α-hetero) is 1. The monoisotopic (exact) mass is 1010 g/mol. The van der Waals surface area contributed by atoms with Crippen molar-refractivity contribution in [2.24, 2.45) is 11.3 Å². The summed E-state index contributed by atoms with van der Waals surface area (Å²) >= 11 is -1.65. The Morgan fingerprint density at radius 1 is 1.04 bits per heavy atom. The number of hydrogen-bond acceptors (Lipinski definition) is 12. The number of nitrogens with zero attached hydrogens (tertiary/aromatic N) is 6. The van der Waals surface area contributed by atoms with Crippen LogP contribution in [0.5, 0.6) is 5.75 Å². The average molecular weight is 1010 g/mol. The van der Waals surface area contributed by atoms with Crippen molar-refractivity contribution < 1.29 is 43.2 Å². The summed E-state index contributed by atoms with van der Waals surface area (Å²) in [5.41, 5.74) is 9.97. The molecular formula is C54H72N8O9S. The van der Waals surface area contributed by atoms with Crippen LogP contribution in [0.2, 0.25) is 0 Å². The Balaban J connectivity index is 1.23. The molecule has 4 aromatic rings. The first-order valence-corrected chi connectivity index (χ1v) is 26.2. The van der Waals surface area contributed by atoms with Crippen molar-refractivity contribution in [3.8, 4) is 28.1 Å². The number of ether oxygens (including phenoxy) is 1. The van der Waals surface area contributed by atoms with E-state index in [0.29, 0.717) is 36.9 Å². The predicted molar refractivity (Wildman–Crippen MR) is 276 cm³/mol. The molecule has 5 heterocycles. The fourth-order valence-electron chi connectivity index (χ4n) is 10.3. The number of benzene rings is 2. The van der Waals surface area contributed by atoms with E-state index in [1.54, 1.807) is 46.8 Å². The molecular weight excluding hydrogens is 937 g/mol. The highest BCUT2D eigenvalue weighted by atomic mass is 32.2. The van der Waals surface area contributed by atoms with Crippen LogP contribution in [0.3, 0.4) is 0 Å². The van der Waals surface area contributed by atoms with Gasteiger partial charge in [0.15, 0.2) is 11.8 Å². The minimum Gasteiger partial charge on any atom is -0.597 e. The number of likely N-dealkylation sites (N-methyl/N-ethyl adjacent to an activating group) is 2. The Labute approximate surface area is 426 Å². The zero-order valence-corrected chi connectivity index (χ0v) is 44.6. The average Bonchev–Trinajstić information content (AvgIpc) is 4.01. The van der Waals surface area contributed by atoms with Gasteiger partial charge in [-0.25, -0.2) is 5.43 Å². The van der Waals surface area contributed by atoms with Crippen molar-refractivity contribution in [3.63, 3.8) is 0 Å². The maximum Gasteiger partial charge on any atom is 0.324 e. The molecule has 3 aliphatic heterocycles. The molecule has 17 nitrogen and oxygen atoms in total. The number of aromatic hydroxyl groups is 1. The van der Waals surface area contributed by atoms with Crippen LogP contribution in [0.15, 0.2) is 54.9 Å². The van der Waals surface area contributed by atoms with Crippen LogP contribution in [0.4, 0.5) is 0 Å². The molecule has 0 aliphatic carbocycles. The van der Waals surface area contributed by atoms with Crippen LogP contribution in [-0.4, -0.2) is 142 Å². The molecule has 2 aromatic carbocycles. The highest BCUT2D eigenvalue weighted by Crippen LogP contribution is 2.42. The van der Waals surface area contributed by atoms with Gasteiger partial charge >= 0.3 is 5.97 Å². The van der Waals surface area contributed by atoms with Crippen LogP contribution < -0.4 is 10.7 Å². The summed E-state index contributed by atoms with van der Waals surface area (Å²) in [5.74, 6) is -3.61. The number of phenolic OH excluding ortho intramolecular Hbond substituents is 1. The van der Waals surface area contributed by atoms with Crippen LogP contribution in [-0.2, 0) is 70.7 Å². The molecule has 3 N–H and O–H groups in total. The Morgan fingerprint density at radius 3 is 2.42 bits per heavy atom. The highest BCUT2D eigenvalue weighted by Gasteiger charge is 2.65. The van der Waals surface area contributed by atoms with E-state index in [0.717, 1.165) is 45.3 Å². The molecule has 6 bridgehead atoms. The molecule has 4 amide bonds. The van der Waals surface area contributed by atoms with E-state index < -0.39 is 93.8 Å². The number of esters is 1. The van der Waals surface area contributed by atoms with Crippen LogP contribution in [0, 0.1) is 11.3 Å². The van der Waals surface area contributed by atoms with Crippen molar-refractivity contribution >= 4 is 57.6 Å². The Bertz CT molecular complexity index is 2750. The van der Waals surface area contributed by atoms with Crippen molar-refractivity contribution in [2.75, 3.05) is 33.8 Å². The third kappa shape index (κ3) is 11.2. The van der Waals surface area contributed by atoms with Gasteiger partial charge in [-0.05, 0) is 124 Å². The molecule has 7 atom stereocenters. The summed E-state index contributed by atoms with van der Waals surface area (Å²) < 4.78 is 22.3. The molecule has 2 unspecified atom stereocenters. The smallest absolute Gasteiger partial charge is 0.324 e. The second kappa shape index (κ2) is 21.3. The number of aryl methyl sites for hydroxylation is 2. The molecule has 0 saturated carbocycles. The molecule has 2 saturated heterocycles. The van der Waals surface area contributed by atoms with E-state index >= 15 is 0 Å². The van der Waals surface area contributed by atoms with Crippen LogP contribution in [0.1, 0.15) is 98.8 Å². The molecule has 7 rings (SSSR count). The first-order chi connectivity index (χ1) is 33.9. The van der Waals surface area contributed by atoms with Gasteiger partial charge in [0.25, 0.3) is 5.91 Å². The van der Waals surface area contributed by atoms with Crippen LogP contribution in [0.25, 0.3) is 33.3 Å². The molecule has 0 radical (unpaired) electrons. The maximum absolute atomic E-state index is 14.8. The van der Waals surface area contributed by atoms with E-state index in [-0.39, 0.29) is 31.1 Å². The van der Waals surface area contributed by atoms with Gasteiger partial charge in [-0.3, -0.25) is 38.8 Å². The first kappa shape index (κ1) is 54.0. The van der Waals surface area contributed by atoms with Gasteiger partial charge in [0.2, 0.25) is 17.7 Å². The Kier molecular flexibility index (Phi) is 16.0. The second-order valence-electron chi connectivity index (χ2n) is 21.7. The van der Waals surface area contributed by atoms with Gasteiger partial charge in [-0.1, -0.05) is 51.1 Å². The molecule has 18 heteroatoms. The number of phenols is 1. The van der Waals surface area contributed by atoms with Crippen molar-refractivity contribution in [1.82, 2.24) is 39.4 Å². The van der Waals surface area contributed by atoms with E-state index in [2.05, 4.69) is 60.1 Å². The lowest BCUT2D eigenvalue weighted by molar-refractivity contribution is -0.155. The number of fused-ring (bicyclic) bond motifs is 6. The molecule has 388 valence electrons. The number of pyridine rings is 1. The first-order valence-electron chi connectivity index (χ1n) is 25.0. The molecule has 2 fully saturated rings. The van der Waals surface area contributed by atoms with Crippen molar-refractivity contribution in [1.29, 1.82) is 0 Å². The standard InChI is InChI=1S/C54H72N8O9S/c1-13-34-19-20-55-28-40(34)47-39-27-54(9,10)30-71-52(69)41-16-15-21-61(57-41)50(67)42(24-33-22-36(25-37(64)23-33)35-17-18-43(38(39)26-35)60(47)14-2)56-49(66)45(31(3)4)59(12)44(65)29-58(11)51(68)48-46(32(5)63)62(48)72(70)53(6,7)8/h17-20,22-23,25-26,28,31,41-42,45-46,48,57,64H,13-16,21,24,27,29-30H2,1-12H3,(H,56,66)/t41-,42-,45-,46+,48+,62?,72?/m0/s1. The van der Waals surface area contributed by atoms with E-state index in [1.165, 1.54) is 40.1 Å². The molecule has 2 aromatic heterocycles. The van der Waals surface area contributed by atoms with Crippen LogP contribution >= 0.6 is 0 Å². The Morgan fingerprint density at radius 2 is 1.76 bits per heavy atom. The Hall–Kier alpha value is -5.82. The normalized spacial score (nSPS) is 22.1. The van der Waals surface area contributed by atoms with E-state index in [9.17, 15) is 38.4 Å². The van der Waals surface area contributed by atoms with Gasteiger partial charge in [0.05, 0.1) is 18.8 Å². The third-order valence-electron chi connectivity index (χ3n) is 14.0. The zero-order valence-electron chi connectivity index (χ0n) is 43.8. The molecule has 72 heavy (non-hydrogen) atoms. The van der Waals surface area contributed by atoms with Gasteiger partial charge in [0.1, 0.15) is 34.7 Å². The lowest BCUT2D eigenvalue weighted by atomic mass is 9.84. The summed E-state index contributed by atoms with van der Waals surface area (Å²) in [6.45, 7) is 19.1. The summed E-state index contributed by atoms with van der Waals surface area (Å²) in [7, 11) is 2.88. The third-order valence-corrected chi connectivity index (χ3v) is 15.9. The minimum atomic E-state index is -1.65. The number of nitrogens with one attached hydrogen (secondary N) is 2. The number of ketones is 1. The number of aromatic nitrogens is 2. The SMILES string of the molecule is CCc1ccncc1-c1c2c3cc(ccc3n1CC)-c1cc(O)cc(c1)C[C@H](NC(=O)[C@H](C(C)C)N(C)C(=O)CN(C)C(=O)[C@H]1[C@@H](C(C)=O)N1[S+]([O-])C(C)(C)C)C(=O)N1CCC[C@H](N1)C(=O)OCC(C)(C)C2. The topological polar surface area (TPSA) is 210 Å². The van der Waals surface area contributed by atoms with Crippen molar-refractivity contribution in [3.05, 3.63) is 71.5 Å². The fraction of sp³-hybridized carbons (Fsp3) is 0.537. The lowest BCUT2D eigenvalue weighted by Gasteiger charge is -2.37. The zero-order chi connectivity index (χ0) is 52.7. The number of hydrazine groups is 1. The quantitative estimate of drug-likeness (QED) is 0.0933. The minimum absolute atomic E-state index is 0.0396. The summed E-state index contributed by atoms with van der Waals surface area (Å²) in [6.07, 6.45) is 5.91. The number of amides is 4. The van der Waals surface area contributed by atoms with Gasteiger partial charge in [0, 0.05) is 79.2 Å². The van der Waals surface area contributed by atoms with E-state index in [1.807, 2.05) is 30.6 Å². The summed E-state index contributed by atoms with van der Waals surface area (Å²) in [6, 6.07) is 8.33. The number of cyclic esters (lactones) is 1. The number of hydrogen-bond donors (Lipinski definition) is 3. The van der Waals surface area contributed by atoms with Gasteiger partial charge < -0.3 is 34.1 Å². The summed E-state index contributed by atoms with van der Waals surface area (Å²) in [5, 5.41) is 16.7. The second-order valence-corrected chi connectivity index (χ2v) is 23.9. The van der Waals surface area contributed by atoms with Gasteiger partial charge in [-0.2, -0.15) is 0 Å². The molecule has 0 spiro atoms. The fourth-order valence-corrected chi connectivity index (χ4v) is 11.8. The number of carbonyl (C=O) groups is 6. The van der Waals surface area contributed by atoms with E-state index in [4.69, 9.17) is 4.74 Å². The predicted octanol–water partition coefficient (Wildman–Crippen LogP) is 5.35. The molecule has 3 aliphatic rings. The van der Waals surface area contributed by atoms with Gasteiger partial charge in [-0.15, -0.1) is 0 Å². The summed E-state index contributed by atoms with van der Waals surface area (Å²) in [4.78, 5) is 90.5. The van der Waals surface area contributed by atoms with Crippen molar-refractivity contribution in [2.45, 2.75) is 143 Å². The number of carbonyl (C=O) groups excluding carboxylic acids is 6. The highest BCUT2D eigenvalue weighted by molar-refractivity contribution is 7.90. The largest absolute Gasteiger partial charge is 0.597 e.